The van der Waals surface area contributed by atoms with E-state index in [2.05, 4.69) is 32.0 Å². The van der Waals surface area contributed by atoms with Crippen molar-refractivity contribution in [2.45, 2.75) is 43.6 Å². The average molecular weight is 417 g/mol. The van der Waals surface area contributed by atoms with Crippen molar-refractivity contribution < 1.29 is 13.9 Å². The molecular formula is C23H23N5O3. The number of benzene rings is 1. The van der Waals surface area contributed by atoms with Crippen molar-refractivity contribution in [3.05, 3.63) is 60.7 Å². The molecule has 8 nitrogen and oxygen atoms in total. The first-order chi connectivity index (χ1) is 15.2. The molecule has 2 atom stereocenters. The molecule has 1 spiro atoms. The number of aromatic nitrogens is 3. The molecule has 3 aromatic rings. The third kappa shape index (κ3) is 3.01. The molecule has 0 saturated carbocycles. The molecule has 158 valence electrons. The summed E-state index contributed by atoms with van der Waals surface area (Å²) in [5.41, 5.74) is 1.22. The largest absolute Gasteiger partial charge is 0.444 e. The molecule has 6 rings (SSSR count). The number of carbonyl (C=O) groups excluding carboxylic acids is 1. The molecule has 0 radical (unpaired) electrons. The quantitative estimate of drug-likeness (QED) is 0.647. The Labute approximate surface area is 179 Å². The lowest BCUT2D eigenvalue weighted by Crippen LogP contribution is -2.50. The fourth-order valence-electron chi connectivity index (χ4n) is 5.08. The molecule has 3 saturated heterocycles. The van der Waals surface area contributed by atoms with Gasteiger partial charge in [0.1, 0.15) is 12.5 Å². The summed E-state index contributed by atoms with van der Waals surface area (Å²) in [5.74, 6) is 1.30. The first-order valence-corrected chi connectivity index (χ1v) is 10.8. The smallest absolute Gasteiger partial charge is 0.257 e. The Bertz CT molecular complexity index is 1060. The van der Waals surface area contributed by atoms with Gasteiger partial charge >= 0.3 is 0 Å². The van der Waals surface area contributed by atoms with Crippen LogP contribution >= 0.6 is 0 Å². The summed E-state index contributed by atoms with van der Waals surface area (Å²) in [5, 5.41) is 0. The molecule has 0 N–H and O–H groups in total. The van der Waals surface area contributed by atoms with Gasteiger partial charge in [0, 0.05) is 38.3 Å². The standard InChI is InChI=1S/C23H23N5O3/c29-21-23(31-19-7-6-18(28(19)21)16-4-2-1-3-5-16)8-11-27(12-9-23)22-25-14-17(15-26-22)20-24-10-13-30-20/h1-5,10,13-15,18-19H,6-9,11-12H2/t18-,19+/m0/s1. The minimum Gasteiger partial charge on any atom is -0.444 e. The van der Waals surface area contributed by atoms with E-state index in [1.165, 1.54) is 11.8 Å². The molecule has 1 aromatic carbocycles. The fourth-order valence-corrected chi connectivity index (χ4v) is 5.08. The molecular weight excluding hydrogens is 394 g/mol. The van der Waals surface area contributed by atoms with Crippen LogP contribution in [0.3, 0.4) is 0 Å². The second-order valence-corrected chi connectivity index (χ2v) is 8.38. The number of hydrogen-bond donors (Lipinski definition) is 0. The second kappa shape index (κ2) is 7.16. The Kier molecular flexibility index (Phi) is 4.27. The maximum atomic E-state index is 13.5. The van der Waals surface area contributed by atoms with Crippen molar-refractivity contribution in [3.63, 3.8) is 0 Å². The van der Waals surface area contributed by atoms with Gasteiger partial charge in [0.05, 0.1) is 17.8 Å². The van der Waals surface area contributed by atoms with Crippen LogP contribution in [0.15, 0.2) is 59.6 Å². The number of rotatable bonds is 3. The first kappa shape index (κ1) is 18.5. The Hall–Kier alpha value is -3.26. The van der Waals surface area contributed by atoms with E-state index >= 15 is 0 Å². The normalized spacial score (nSPS) is 24.7. The van der Waals surface area contributed by atoms with Crippen LogP contribution in [0.4, 0.5) is 5.95 Å². The van der Waals surface area contributed by atoms with E-state index in [9.17, 15) is 4.79 Å². The number of hydrogen-bond acceptors (Lipinski definition) is 7. The van der Waals surface area contributed by atoms with Gasteiger partial charge in [-0.15, -0.1) is 0 Å². The molecule has 0 aliphatic carbocycles. The third-order valence-electron chi connectivity index (χ3n) is 6.67. The van der Waals surface area contributed by atoms with Crippen LogP contribution in [0.1, 0.15) is 37.3 Å². The van der Waals surface area contributed by atoms with E-state index in [0.29, 0.717) is 37.8 Å². The molecule has 3 aliphatic rings. The average Bonchev–Trinajstić information content (AvgIpc) is 3.55. The van der Waals surface area contributed by atoms with Gasteiger partial charge < -0.3 is 19.0 Å². The lowest BCUT2D eigenvalue weighted by atomic mass is 9.89. The lowest BCUT2D eigenvalue weighted by Gasteiger charge is -2.37. The van der Waals surface area contributed by atoms with Gasteiger partial charge in [-0.25, -0.2) is 15.0 Å². The zero-order valence-electron chi connectivity index (χ0n) is 17.1. The van der Waals surface area contributed by atoms with E-state index in [1.807, 2.05) is 23.1 Å². The highest BCUT2D eigenvalue weighted by Gasteiger charge is 2.58. The highest BCUT2D eigenvalue weighted by Crippen LogP contribution is 2.47. The molecule has 3 fully saturated rings. The van der Waals surface area contributed by atoms with E-state index in [-0.39, 0.29) is 18.2 Å². The van der Waals surface area contributed by atoms with Crippen molar-refractivity contribution in [2.75, 3.05) is 18.0 Å². The van der Waals surface area contributed by atoms with E-state index in [4.69, 9.17) is 9.15 Å². The second-order valence-electron chi connectivity index (χ2n) is 8.38. The van der Waals surface area contributed by atoms with Crippen molar-refractivity contribution >= 4 is 11.9 Å². The van der Waals surface area contributed by atoms with Crippen LogP contribution in [-0.4, -0.2) is 50.7 Å². The Morgan fingerprint density at radius 2 is 1.77 bits per heavy atom. The van der Waals surface area contributed by atoms with Gasteiger partial charge in [-0.1, -0.05) is 30.3 Å². The van der Waals surface area contributed by atoms with Crippen molar-refractivity contribution in [2.24, 2.45) is 0 Å². The molecule has 31 heavy (non-hydrogen) atoms. The highest BCUT2D eigenvalue weighted by molar-refractivity contribution is 5.88. The van der Waals surface area contributed by atoms with Gasteiger partial charge in [-0.3, -0.25) is 4.79 Å². The number of piperidine rings is 1. The van der Waals surface area contributed by atoms with Gasteiger partial charge in [0.25, 0.3) is 5.91 Å². The molecule has 5 heterocycles. The van der Waals surface area contributed by atoms with Crippen LogP contribution in [0, 0.1) is 0 Å². The van der Waals surface area contributed by atoms with Crippen molar-refractivity contribution in [1.29, 1.82) is 0 Å². The number of nitrogens with zero attached hydrogens (tertiary/aromatic N) is 5. The summed E-state index contributed by atoms with van der Waals surface area (Å²) in [6.45, 7) is 1.36. The Morgan fingerprint density at radius 1 is 1.00 bits per heavy atom. The van der Waals surface area contributed by atoms with Gasteiger partial charge in [-0.2, -0.15) is 0 Å². The SMILES string of the molecule is O=C1N2[C@@H](CC[C@H]2c2ccccc2)OC12CCN(c1ncc(-c3ncco3)cn1)CC2. The Morgan fingerprint density at radius 3 is 2.48 bits per heavy atom. The molecule has 1 amide bonds. The first-order valence-electron chi connectivity index (χ1n) is 10.8. The van der Waals surface area contributed by atoms with Crippen molar-refractivity contribution in [3.8, 4) is 11.5 Å². The Balaban J connectivity index is 1.16. The zero-order valence-corrected chi connectivity index (χ0v) is 17.1. The summed E-state index contributed by atoms with van der Waals surface area (Å²) >= 11 is 0. The zero-order chi connectivity index (χ0) is 20.8. The molecule has 0 unspecified atom stereocenters. The predicted octanol–water partition coefficient (Wildman–Crippen LogP) is 3.19. The maximum absolute atomic E-state index is 13.5. The van der Waals surface area contributed by atoms with E-state index < -0.39 is 5.60 Å². The monoisotopic (exact) mass is 417 g/mol. The van der Waals surface area contributed by atoms with Crippen LogP contribution in [-0.2, 0) is 9.53 Å². The summed E-state index contributed by atoms with van der Waals surface area (Å²) in [6, 6.07) is 10.4. The van der Waals surface area contributed by atoms with Gasteiger partial charge in [0.15, 0.2) is 5.60 Å². The van der Waals surface area contributed by atoms with Gasteiger partial charge in [-0.05, 0) is 18.4 Å². The van der Waals surface area contributed by atoms with E-state index in [0.717, 1.165) is 18.4 Å². The van der Waals surface area contributed by atoms with Crippen molar-refractivity contribution in [1.82, 2.24) is 19.9 Å². The molecule has 8 heteroatoms. The highest BCUT2D eigenvalue weighted by atomic mass is 16.6. The minimum absolute atomic E-state index is 0.111. The lowest BCUT2D eigenvalue weighted by molar-refractivity contribution is -0.140. The molecule has 0 bridgehead atoms. The molecule has 3 aliphatic heterocycles. The summed E-state index contributed by atoms with van der Waals surface area (Å²) in [6.07, 6.45) is 9.58. The van der Waals surface area contributed by atoms with E-state index in [1.54, 1.807) is 18.6 Å². The minimum atomic E-state index is -0.716. The van der Waals surface area contributed by atoms with Crippen LogP contribution in [0.2, 0.25) is 0 Å². The number of anilines is 1. The number of fused-ring (bicyclic) bond motifs is 1. The topological polar surface area (TPSA) is 84.6 Å². The van der Waals surface area contributed by atoms with Crippen LogP contribution < -0.4 is 4.90 Å². The summed E-state index contributed by atoms with van der Waals surface area (Å²) < 4.78 is 11.7. The van der Waals surface area contributed by atoms with Crippen LogP contribution in [0.5, 0.6) is 0 Å². The fraction of sp³-hybridized carbons (Fsp3) is 0.391. The summed E-state index contributed by atoms with van der Waals surface area (Å²) in [4.78, 5) is 30.7. The summed E-state index contributed by atoms with van der Waals surface area (Å²) in [7, 11) is 0. The number of oxazole rings is 1. The van der Waals surface area contributed by atoms with Crippen LogP contribution in [0.25, 0.3) is 11.5 Å². The number of amides is 1. The third-order valence-corrected chi connectivity index (χ3v) is 6.67. The maximum Gasteiger partial charge on any atom is 0.257 e. The molecule has 2 aromatic heterocycles. The number of carbonyl (C=O) groups is 1. The predicted molar refractivity (Wildman–Crippen MR) is 112 cm³/mol. The number of ether oxygens (including phenoxy) is 1. The van der Waals surface area contributed by atoms with Gasteiger partial charge in [0.2, 0.25) is 11.8 Å².